The lowest BCUT2D eigenvalue weighted by Crippen LogP contribution is -2.39. The molecule has 24 heavy (non-hydrogen) atoms. The van der Waals surface area contributed by atoms with Gasteiger partial charge >= 0.3 is 6.03 Å². The van der Waals surface area contributed by atoms with E-state index in [4.69, 9.17) is 0 Å². The van der Waals surface area contributed by atoms with Gasteiger partial charge in [0.1, 0.15) is 5.82 Å². The summed E-state index contributed by atoms with van der Waals surface area (Å²) in [5.41, 5.74) is 1.47. The summed E-state index contributed by atoms with van der Waals surface area (Å²) in [6.07, 6.45) is -0.972. The lowest BCUT2D eigenvalue weighted by atomic mass is 10.0. The zero-order chi connectivity index (χ0) is 17.7. The molecule has 0 aliphatic rings. The molecule has 0 aliphatic carbocycles. The van der Waals surface area contributed by atoms with Crippen LogP contribution < -0.4 is 10.6 Å². The van der Waals surface area contributed by atoms with Gasteiger partial charge in [0.25, 0.3) is 0 Å². The summed E-state index contributed by atoms with van der Waals surface area (Å²) < 4.78 is 12.9. The van der Waals surface area contributed by atoms with Crippen molar-refractivity contribution in [1.82, 2.24) is 5.32 Å². The summed E-state index contributed by atoms with van der Waals surface area (Å²) in [6, 6.07) is 10.9. The Morgan fingerprint density at radius 3 is 2.42 bits per heavy atom. The standard InChI is InChI=1S/C18H19FN2O3/c1-11(17(23)13-6-8-15(19)9-7-13)20-18(24)21-16-5-3-4-14(10-16)12(2)22/h3-11,17,23H,1-2H3,(H2,20,21,24)/t11-,17+/m0/s1. The number of aliphatic hydroxyl groups is 1. The van der Waals surface area contributed by atoms with Crippen molar-refractivity contribution in [3.8, 4) is 0 Å². The van der Waals surface area contributed by atoms with Crippen LogP contribution in [0.3, 0.4) is 0 Å². The van der Waals surface area contributed by atoms with Crippen LogP contribution in [0.15, 0.2) is 48.5 Å². The topological polar surface area (TPSA) is 78.4 Å². The normalized spacial score (nSPS) is 13.0. The highest BCUT2D eigenvalue weighted by atomic mass is 19.1. The highest BCUT2D eigenvalue weighted by molar-refractivity contribution is 5.96. The van der Waals surface area contributed by atoms with Crippen molar-refractivity contribution >= 4 is 17.5 Å². The third-order valence-electron chi connectivity index (χ3n) is 3.57. The van der Waals surface area contributed by atoms with Gasteiger partial charge in [-0.25, -0.2) is 9.18 Å². The van der Waals surface area contributed by atoms with Gasteiger partial charge in [0.15, 0.2) is 5.78 Å². The van der Waals surface area contributed by atoms with Gasteiger partial charge in [-0.3, -0.25) is 4.79 Å². The van der Waals surface area contributed by atoms with Crippen LogP contribution in [0.2, 0.25) is 0 Å². The van der Waals surface area contributed by atoms with Crippen LogP contribution in [0.4, 0.5) is 14.9 Å². The highest BCUT2D eigenvalue weighted by Gasteiger charge is 2.18. The number of aliphatic hydroxyl groups excluding tert-OH is 1. The van der Waals surface area contributed by atoms with Crippen LogP contribution in [-0.2, 0) is 0 Å². The predicted molar refractivity (Wildman–Crippen MR) is 89.4 cm³/mol. The van der Waals surface area contributed by atoms with Crippen molar-refractivity contribution in [2.45, 2.75) is 26.0 Å². The van der Waals surface area contributed by atoms with E-state index in [2.05, 4.69) is 10.6 Å². The van der Waals surface area contributed by atoms with Crippen LogP contribution >= 0.6 is 0 Å². The maximum atomic E-state index is 12.9. The third-order valence-corrected chi connectivity index (χ3v) is 3.57. The molecule has 0 saturated carbocycles. The highest BCUT2D eigenvalue weighted by Crippen LogP contribution is 2.17. The second kappa shape index (κ2) is 7.70. The van der Waals surface area contributed by atoms with Crippen LogP contribution in [-0.4, -0.2) is 23.0 Å². The number of carbonyl (C=O) groups is 2. The molecule has 0 aliphatic heterocycles. The average Bonchev–Trinajstić information content (AvgIpc) is 2.55. The molecule has 0 aromatic heterocycles. The van der Waals surface area contributed by atoms with Crippen molar-refractivity contribution in [2.24, 2.45) is 0 Å². The molecule has 0 saturated heterocycles. The minimum atomic E-state index is -0.972. The second-order valence-electron chi connectivity index (χ2n) is 5.52. The van der Waals surface area contributed by atoms with Gasteiger partial charge in [-0.15, -0.1) is 0 Å². The van der Waals surface area contributed by atoms with Gasteiger partial charge < -0.3 is 15.7 Å². The number of amides is 2. The number of anilines is 1. The summed E-state index contributed by atoms with van der Waals surface area (Å²) in [4.78, 5) is 23.4. The third kappa shape index (κ3) is 4.63. The Balaban J connectivity index is 1.97. The van der Waals surface area contributed by atoms with Gasteiger partial charge in [0.2, 0.25) is 0 Å². The van der Waals surface area contributed by atoms with E-state index in [0.29, 0.717) is 16.8 Å². The fourth-order valence-corrected chi connectivity index (χ4v) is 2.22. The molecule has 2 amide bonds. The molecular weight excluding hydrogens is 311 g/mol. The molecule has 0 heterocycles. The zero-order valence-corrected chi connectivity index (χ0v) is 13.4. The molecule has 0 spiro atoms. The van der Waals surface area contributed by atoms with E-state index in [1.54, 1.807) is 31.2 Å². The molecule has 126 valence electrons. The van der Waals surface area contributed by atoms with E-state index in [-0.39, 0.29) is 5.78 Å². The number of Topliss-reactive ketones (excluding diaryl/α,β-unsaturated/α-hetero) is 1. The summed E-state index contributed by atoms with van der Waals surface area (Å²) in [5.74, 6) is -0.492. The molecule has 0 radical (unpaired) electrons. The Labute approximate surface area is 139 Å². The van der Waals surface area contributed by atoms with Crippen molar-refractivity contribution in [1.29, 1.82) is 0 Å². The first-order valence-corrected chi connectivity index (χ1v) is 7.49. The Morgan fingerprint density at radius 2 is 1.79 bits per heavy atom. The van der Waals surface area contributed by atoms with Crippen LogP contribution in [0.1, 0.15) is 35.9 Å². The summed E-state index contributed by atoms with van der Waals surface area (Å²) in [6.45, 7) is 3.08. The van der Waals surface area contributed by atoms with E-state index < -0.39 is 24.0 Å². The maximum absolute atomic E-state index is 12.9. The maximum Gasteiger partial charge on any atom is 0.319 e. The van der Waals surface area contributed by atoms with Crippen molar-refractivity contribution in [3.05, 3.63) is 65.5 Å². The van der Waals surface area contributed by atoms with Gasteiger partial charge in [-0.2, -0.15) is 0 Å². The Kier molecular flexibility index (Phi) is 5.65. The molecule has 2 aromatic rings. The number of halogens is 1. The molecule has 6 heteroatoms. The van der Waals surface area contributed by atoms with Crippen molar-refractivity contribution in [2.75, 3.05) is 5.32 Å². The summed E-state index contributed by atoms with van der Waals surface area (Å²) in [5, 5.41) is 15.4. The summed E-state index contributed by atoms with van der Waals surface area (Å²) >= 11 is 0. The second-order valence-corrected chi connectivity index (χ2v) is 5.52. The smallest absolute Gasteiger partial charge is 0.319 e. The Morgan fingerprint density at radius 1 is 1.12 bits per heavy atom. The number of nitrogens with one attached hydrogen (secondary N) is 2. The fourth-order valence-electron chi connectivity index (χ4n) is 2.22. The predicted octanol–water partition coefficient (Wildman–Crippen LogP) is 3.27. The van der Waals surface area contributed by atoms with E-state index in [9.17, 15) is 19.1 Å². The summed E-state index contributed by atoms with van der Waals surface area (Å²) in [7, 11) is 0. The molecule has 3 N–H and O–H groups in total. The minimum Gasteiger partial charge on any atom is -0.386 e. The van der Waals surface area contributed by atoms with E-state index in [0.717, 1.165) is 0 Å². The quantitative estimate of drug-likeness (QED) is 0.736. The van der Waals surface area contributed by atoms with Gasteiger partial charge in [-0.05, 0) is 43.7 Å². The lowest BCUT2D eigenvalue weighted by Gasteiger charge is -2.21. The molecule has 5 nitrogen and oxygen atoms in total. The number of rotatable bonds is 5. The van der Waals surface area contributed by atoms with Crippen molar-refractivity contribution in [3.63, 3.8) is 0 Å². The first-order chi connectivity index (χ1) is 11.4. The molecule has 2 aromatic carbocycles. The number of urea groups is 1. The molecule has 2 rings (SSSR count). The number of carbonyl (C=O) groups excluding carboxylic acids is 2. The number of ketones is 1. The van der Waals surface area contributed by atoms with Gasteiger partial charge in [0.05, 0.1) is 12.1 Å². The largest absolute Gasteiger partial charge is 0.386 e. The van der Waals surface area contributed by atoms with Crippen LogP contribution in [0.5, 0.6) is 0 Å². The number of hydrogen-bond acceptors (Lipinski definition) is 3. The van der Waals surface area contributed by atoms with Crippen LogP contribution in [0.25, 0.3) is 0 Å². The fraction of sp³-hybridized carbons (Fsp3) is 0.222. The van der Waals surface area contributed by atoms with E-state index in [1.807, 2.05) is 0 Å². The average molecular weight is 330 g/mol. The number of benzene rings is 2. The van der Waals surface area contributed by atoms with Gasteiger partial charge in [0, 0.05) is 11.3 Å². The Bertz CT molecular complexity index is 731. The van der Waals surface area contributed by atoms with E-state index in [1.165, 1.54) is 31.2 Å². The number of hydrogen-bond donors (Lipinski definition) is 3. The van der Waals surface area contributed by atoms with Crippen molar-refractivity contribution < 1.29 is 19.1 Å². The molecular formula is C18H19FN2O3. The molecule has 0 bridgehead atoms. The lowest BCUT2D eigenvalue weighted by molar-refractivity contribution is 0.101. The van der Waals surface area contributed by atoms with E-state index >= 15 is 0 Å². The minimum absolute atomic E-state index is 0.0980. The monoisotopic (exact) mass is 330 g/mol. The molecule has 0 fully saturated rings. The van der Waals surface area contributed by atoms with Gasteiger partial charge in [-0.1, -0.05) is 24.3 Å². The molecule has 0 unspecified atom stereocenters. The zero-order valence-electron chi connectivity index (χ0n) is 13.4. The molecule has 2 atom stereocenters. The Hall–Kier alpha value is -2.73. The first-order valence-electron chi connectivity index (χ1n) is 7.49. The first kappa shape index (κ1) is 17.6. The SMILES string of the molecule is CC(=O)c1cccc(NC(=O)N[C@@H](C)[C@@H](O)c2ccc(F)cc2)c1. The van der Waals surface area contributed by atoms with Crippen LogP contribution in [0, 0.1) is 5.82 Å².